The molecule has 0 aliphatic carbocycles. The topological polar surface area (TPSA) is 45.5 Å². The second-order valence-electron chi connectivity index (χ2n) is 7.34. The fourth-order valence-electron chi connectivity index (χ4n) is 3.53. The zero-order valence-corrected chi connectivity index (χ0v) is 17.2. The van der Waals surface area contributed by atoms with Crippen molar-refractivity contribution in [1.29, 1.82) is 0 Å². The molecule has 0 radical (unpaired) electrons. The van der Waals surface area contributed by atoms with Gasteiger partial charge in [0.25, 0.3) is 0 Å². The van der Waals surface area contributed by atoms with Gasteiger partial charge >= 0.3 is 0 Å². The van der Waals surface area contributed by atoms with Gasteiger partial charge in [0.05, 0.1) is 0 Å². The number of anilines is 1. The highest BCUT2D eigenvalue weighted by atomic mass is 127. The predicted molar refractivity (Wildman–Crippen MR) is 101 cm³/mol. The van der Waals surface area contributed by atoms with Crippen molar-refractivity contribution in [3.63, 3.8) is 0 Å². The Morgan fingerprint density at radius 3 is 2.45 bits per heavy atom. The van der Waals surface area contributed by atoms with Crippen molar-refractivity contribution in [3.8, 4) is 0 Å². The summed E-state index contributed by atoms with van der Waals surface area (Å²) in [5, 5.41) is 9.93. The summed E-state index contributed by atoms with van der Waals surface area (Å²) in [5.41, 5.74) is 0.232. The Bertz CT molecular complexity index is 691. The summed E-state index contributed by atoms with van der Waals surface area (Å²) in [5.74, 6) is 0. The van der Waals surface area contributed by atoms with E-state index in [0.29, 0.717) is 11.2 Å². The number of nitrogens with zero attached hydrogens (tertiary/aromatic N) is 4. The van der Waals surface area contributed by atoms with Crippen LogP contribution in [-0.4, -0.2) is 38.8 Å². The molecule has 0 saturated carbocycles. The van der Waals surface area contributed by atoms with E-state index in [9.17, 15) is 0 Å². The zero-order chi connectivity index (χ0) is 16.3. The molecule has 1 N–H and O–H groups in total. The number of rotatable bonds is 2. The normalized spacial score (nSPS) is 21.4. The molecule has 22 heavy (non-hydrogen) atoms. The minimum absolute atomic E-state index is 0.116. The molecule has 0 amide bonds. The average Bonchev–Trinajstić information content (AvgIpc) is 2.86. The van der Waals surface area contributed by atoms with E-state index in [4.69, 9.17) is 11.6 Å². The van der Waals surface area contributed by atoms with Crippen molar-refractivity contribution >= 4 is 55.6 Å². The van der Waals surface area contributed by atoms with E-state index in [-0.39, 0.29) is 11.1 Å². The van der Waals surface area contributed by atoms with Gasteiger partial charge in [-0.3, -0.25) is 0 Å². The van der Waals surface area contributed by atoms with Crippen molar-refractivity contribution in [2.24, 2.45) is 0 Å². The van der Waals surface area contributed by atoms with Gasteiger partial charge in [0, 0.05) is 24.2 Å². The molecule has 1 aliphatic rings. The first-order valence-corrected chi connectivity index (χ1v) is 9.58. The highest BCUT2D eigenvalue weighted by Crippen LogP contribution is 2.35. The van der Waals surface area contributed by atoms with Gasteiger partial charge in [-0.25, -0.2) is 4.98 Å². The van der Waals surface area contributed by atoms with Crippen molar-refractivity contribution in [3.05, 3.63) is 8.85 Å². The molecule has 0 spiro atoms. The fraction of sp³-hybridized carbons (Fsp3) is 0.714. The Morgan fingerprint density at radius 2 is 1.91 bits per heavy atom. The second-order valence-corrected chi connectivity index (χ2v) is 9.65. The molecule has 2 aromatic rings. The van der Waals surface area contributed by atoms with Crippen LogP contribution in [0.5, 0.6) is 0 Å². The van der Waals surface area contributed by atoms with E-state index in [1.807, 2.05) is 0 Å². The van der Waals surface area contributed by atoms with Crippen molar-refractivity contribution in [2.75, 3.05) is 11.9 Å². The third kappa shape index (κ3) is 3.09. The molecule has 5 nitrogen and oxygen atoms in total. The number of halogens is 2. The molecule has 0 unspecified atom stereocenters. The number of aromatic nitrogens is 3. The van der Waals surface area contributed by atoms with Gasteiger partial charge < -0.3 is 10.2 Å². The molecule has 1 aliphatic heterocycles. The summed E-state index contributed by atoms with van der Waals surface area (Å²) in [6.07, 6.45) is 2.17. The van der Waals surface area contributed by atoms with Crippen LogP contribution < -0.4 is 10.2 Å². The zero-order valence-electron chi connectivity index (χ0n) is 13.4. The smallest absolute Gasteiger partial charge is 0.216 e. The largest absolute Gasteiger partial charge is 0.347 e. The molecule has 0 aromatic carbocycles. The van der Waals surface area contributed by atoms with Crippen LogP contribution in [0, 0.1) is 3.70 Å². The molecule has 2 aromatic heterocycles. The van der Waals surface area contributed by atoms with Crippen LogP contribution in [0.3, 0.4) is 0 Å². The van der Waals surface area contributed by atoms with Gasteiger partial charge in [-0.15, -0.1) is 5.10 Å². The minimum atomic E-state index is 0.116. The van der Waals surface area contributed by atoms with Crippen LogP contribution in [0.15, 0.2) is 0 Å². The maximum atomic E-state index is 6.24. The quantitative estimate of drug-likeness (QED) is 0.703. The lowest BCUT2D eigenvalue weighted by atomic mass is 9.79. The SMILES string of the molecule is CN(c1nn2c(Cl)c(I)nc2s1)C1CC(C)(C)NC(C)(C)C1. The molecule has 3 heterocycles. The van der Waals surface area contributed by atoms with Crippen LogP contribution in [0.1, 0.15) is 40.5 Å². The fourth-order valence-corrected chi connectivity index (χ4v) is 5.30. The van der Waals surface area contributed by atoms with Crippen molar-refractivity contribution < 1.29 is 0 Å². The first-order valence-electron chi connectivity index (χ1n) is 7.31. The van der Waals surface area contributed by atoms with Gasteiger partial charge in [-0.05, 0) is 63.1 Å². The van der Waals surface area contributed by atoms with E-state index in [2.05, 4.69) is 77.6 Å². The Morgan fingerprint density at radius 1 is 1.32 bits per heavy atom. The summed E-state index contributed by atoms with van der Waals surface area (Å²) in [4.78, 5) is 7.59. The van der Waals surface area contributed by atoms with Crippen LogP contribution in [0.2, 0.25) is 5.15 Å². The minimum Gasteiger partial charge on any atom is -0.347 e. The van der Waals surface area contributed by atoms with E-state index in [0.717, 1.165) is 26.6 Å². The number of hydrogen-bond acceptors (Lipinski definition) is 5. The summed E-state index contributed by atoms with van der Waals surface area (Å²) >= 11 is 9.97. The molecule has 0 atom stereocenters. The Hall–Kier alpha value is -0.120. The summed E-state index contributed by atoms with van der Waals surface area (Å²) in [6, 6.07) is 0.444. The summed E-state index contributed by atoms with van der Waals surface area (Å²) in [7, 11) is 2.12. The van der Waals surface area contributed by atoms with Crippen molar-refractivity contribution in [1.82, 2.24) is 19.9 Å². The van der Waals surface area contributed by atoms with Gasteiger partial charge in [-0.1, -0.05) is 22.9 Å². The molecule has 1 saturated heterocycles. The molecule has 8 heteroatoms. The second kappa shape index (κ2) is 5.46. The molecule has 122 valence electrons. The number of hydrogen-bond donors (Lipinski definition) is 1. The molecule has 3 rings (SSSR count). The van der Waals surface area contributed by atoms with E-state index >= 15 is 0 Å². The maximum absolute atomic E-state index is 6.24. The van der Waals surface area contributed by atoms with E-state index in [1.54, 1.807) is 15.9 Å². The number of nitrogens with one attached hydrogen (secondary N) is 1. The Kier molecular flexibility index (Phi) is 4.15. The first-order chi connectivity index (χ1) is 10.1. The van der Waals surface area contributed by atoms with E-state index < -0.39 is 0 Å². The lowest BCUT2D eigenvalue weighted by molar-refractivity contribution is 0.161. The molecule has 1 fully saturated rings. The lowest BCUT2D eigenvalue weighted by Crippen LogP contribution is -2.61. The molecular formula is C14H21ClIN5S. The van der Waals surface area contributed by atoms with Crippen LogP contribution in [-0.2, 0) is 0 Å². The number of fused-ring (bicyclic) bond motifs is 1. The maximum Gasteiger partial charge on any atom is 0.216 e. The summed E-state index contributed by atoms with van der Waals surface area (Å²) < 4.78 is 2.54. The highest BCUT2D eigenvalue weighted by Gasteiger charge is 2.39. The van der Waals surface area contributed by atoms with Crippen LogP contribution in [0.25, 0.3) is 4.96 Å². The lowest BCUT2D eigenvalue weighted by Gasteiger charge is -2.48. The van der Waals surface area contributed by atoms with Crippen LogP contribution in [0.4, 0.5) is 5.13 Å². The standard InChI is InChI=1S/C14H21ClIN5S/c1-13(2)6-8(7-14(3,4)19-13)20(5)12-18-21-9(15)10(16)17-11(21)22-12/h8,19H,6-7H2,1-5H3. The predicted octanol–water partition coefficient (Wildman–Crippen LogP) is 3.79. The van der Waals surface area contributed by atoms with Gasteiger partial charge in [0.15, 0.2) is 5.15 Å². The van der Waals surface area contributed by atoms with Gasteiger partial charge in [0.2, 0.25) is 10.1 Å². The molecular weight excluding hydrogens is 433 g/mol. The first kappa shape index (κ1) is 16.7. The number of piperidine rings is 1. The third-order valence-corrected chi connectivity index (χ3v) is 6.53. The Balaban J connectivity index is 1.89. The monoisotopic (exact) mass is 453 g/mol. The van der Waals surface area contributed by atoms with E-state index in [1.165, 1.54) is 0 Å². The van der Waals surface area contributed by atoms with Gasteiger partial charge in [-0.2, -0.15) is 4.52 Å². The Labute approximate surface area is 153 Å². The molecule has 0 bridgehead atoms. The third-order valence-electron chi connectivity index (χ3n) is 4.12. The average molecular weight is 454 g/mol. The highest BCUT2D eigenvalue weighted by molar-refractivity contribution is 14.1. The van der Waals surface area contributed by atoms with Crippen molar-refractivity contribution in [2.45, 2.75) is 57.7 Å². The van der Waals surface area contributed by atoms with Crippen LogP contribution >= 0.6 is 45.5 Å². The number of imidazole rings is 1. The summed E-state index contributed by atoms with van der Waals surface area (Å²) in [6.45, 7) is 9.07. The van der Waals surface area contributed by atoms with Gasteiger partial charge in [0.1, 0.15) is 3.70 Å².